The van der Waals surface area contributed by atoms with Crippen LogP contribution in [0.2, 0.25) is 0 Å². The lowest BCUT2D eigenvalue weighted by atomic mass is 10.1. The van der Waals surface area contributed by atoms with Gasteiger partial charge in [0.1, 0.15) is 5.75 Å². The lowest BCUT2D eigenvalue weighted by Crippen LogP contribution is -2.13. The molecule has 0 unspecified atom stereocenters. The normalized spacial score (nSPS) is 10.2. The fraction of sp³-hybridized carbons (Fsp3) is 0.200. The first kappa shape index (κ1) is 15.1. The highest BCUT2D eigenvalue weighted by molar-refractivity contribution is 7.12. The third kappa shape index (κ3) is 3.22. The fourth-order valence-electron chi connectivity index (χ4n) is 1.98. The van der Waals surface area contributed by atoms with Crippen LogP contribution in [-0.4, -0.2) is 24.1 Å². The number of thiophene rings is 1. The molecule has 0 aliphatic carbocycles. The first-order valence-corrected chi connectivity index (χ1v) is 7.03. The summed E-state index contributed by atoms with van der Waals surface area (Å²) in [4.78, 5) is 25.3. The van der Waals surface area contributed by atoms with Crippen LogP contribution in [0.1, 0.15) is 30.5 Å². The molecule has 21 heavy (non-hydrogen) atoms. The van der Waals surface area contributed by atoms with E-state index >= 15 is 0 Å². The molecule has 1 aromatic carbocycles. The van der Waals surface area contributed by atoms with Gasteiger partial charge in [-0.3, -0.25) is 4.79 Å². The molecule has 5 nitrogen and oxygen atoms in total. The highest BCUT2D eigenvalue weighted by Gasteiger charge is 2.15. The van der Waals surface area contributed by atoms with Crippen LogP contribution >= 0.6 is 11.3 Å². The van der Waals surface area contributed by atoms with Gasteiger partial charge in [0.25, 0.3) is 5.91 Å². The summed E-state index contributed by atoms with van der Waals surface area (Å²) in [5.74, 6) is -0.925. The predicted molar refractivity (Wildman–Crippen MR) is 81.7 cm³/mol. The quantitative estimate of drug-likeness (QED) is 0.908. The molecule has 1 aromatic heterocycles. The number of amides is 1. The van der Waals surface area contributed by atoms with E-state index in [9.17, 15) is 9.59 Å². The molecule has 2 N–H and O–H groups in total. The van der Waals surface area contributed by atoms with Gasteiger partial charge >= 0.3 is 5.97 Å². The summed E-state index contributed by atoms with van der Waals surface area (Å²) >= 11 is 1.54. The second kappa shape index (κ2) is 5.97. The zero-order valence-corrected chi connectivity index (χ0v) is 12.7. The van der Waals surface area contributed by atoms with E-state index in [0.717, 1.165) is 9.75 Å². The van der Waals surface area contributed by atoms with Crippen molar-refractivity contribution in [2.75, 3.05) is 12.4 Å². The second-order valence-corrected chi connectivity index (χ2v) is 5.96. The molecule has 6 heteroatoms. The number of methoxy groups -OCH3 is 1. The number of benzene rings is 1. The van der Waals surface area contributed by atoms with Crippen LogP contribution in [0.3, 0.4) is 0 Å². The number of aromatic carboxylic acids is 1. The first-order chi connectivity index (χ1) is 9.92. The van der Waals surface area contributed by atoms with Crippen molar-refractivity contribution in [2.45, 2.75) is 13.8 Å². The highest BCUT2D eigenvalue weighted by atomic mass is 32.1. The lowest BCUT2D eigenvalue weighted by molar-refractivity contribution is 0.0696. The molecular weight excluding hydrogens is 290 g/mol. The second-order valence-electron chi connectivity index (χ2n) is 4.50. The largest absolute Gasteiger partial charge is 0.495 e. The molecule has 2 rings (SSSR count). The molecule has 0 spiro atoms. The average Bonchev–Trinajstić information content (AvgIpc) is 2.77. The van der Waals surface area contributed by atoms with Gasteiger partial charge in [-0.15, -0.1) is 11.3 Å². The molecule has 1 amide bonds. The van der Waals surface area contributed by atoms with Gasteiger partial charge in [-0.05, 0) is 38.1 Å². The van der Waals surface area contributed by atoms with E-state index in [1.54, 1.807) is 0 Å². The van der Waals surface area contributed by atoms with Crippen LogP contribution in [0.4, 0.5) is 5.69 Å². The third-order valence-corrected chi connectivity index (χ3v) is 3.95. The Balaban J connectivity index is 2.33. The maximum absolute atomic E-state index is 12.3. The fourth-order valence-corrected chi connectivity index (χ4v) is 2.91. The van der Waals surface area contributed by atoms with Crippen molar-refractivity contribution in [3.8, 4) is 5.75 Å². The van der Waals surface area contributed by atoms with Crippen molar-refractivity contribution in [3.05, 3.63) is 45.1 Å². The Morgan fingerprint density at radius 3 is 2.48 bits per heavy atom. The van der Waals surface area contributed by atoms with E-state index in [-0.39, 0.29) is 11.5 Å². The molecule has 0 atom stereocenters. The molecule has 0 aliphatic heterocycles. The van der Waals surface area contributed by atoms with Crippen molar-refractivity contribution in [3.63, 3.8) is 0 Å². The van der Waals surface area contributed by atoms with Crippen LogP contribution in [-0.2, 0) is 0 Å². The van der Waals surface area contributed by atoms with Gasteiger partial charge in [-0.25, -0.2) is 4.79 Å². The van der Waals surface area contributed by atoms with E-state index in [1.807, 2.05) is 19.9 Å². The lowest BCUT2D eigenvalue weighted by Gasteiger charge is -2.11. The predicted octanol–water partition coefficient (Wildman–Crippen LogP) is 3.32. The average molecular weight is 305 g/mol. The third-order valence-electron chi connectivity index (χ3n) is 2.98. The molecule has 0 aliphatic rings. The van der Waals surface area contributed by atoms with Gasteiger partial charge in [0.15, 0.2) is 0 Å². The number of aryl methyl sites for hydroxylation is 2. The van der Waals surface area contributed by atoms with E-state index in [2.05, 4.69) is 5.32 Å². The van der Waals surface area contributed by atoms with Gasteiger partial charge in [0.05, 0.1) is 23.9 Å². The molecule has 110 valence electrons. The molecule has 2 aromatic rings. The Morgan fingerprint density at radius 2 is 1.95 bits per heavy atom. The molecule has 0 saturated heterocycles. The number of rotatable bonds is 4. The zero-order chi connectivity index (χ0) is 15.6. The summed E-state index contributed by atoms with van der Waals surface area (Å²) < 4.78 is 5.15. The van der Waals surface area contributed by atoms with Crippen LogP contribution in [0.25, 0.3) is 0 Å². The minimum Gasteiger partial charge on any atom is -0.495 e. The Hall–Kier alpha value is -2.34. The number of hydrogen-bond donors (Lipinski definition) is 2. The number of carboxylic acids is 1. The molecule has 0 bridgehead atoms. The topological polar surface area (TPSA) is 75.6 Å². The van der Waals surface area contributed by atoms with E-state index < -0.39 is 5.97 Å². The van der Waals surface area contributed by atoms with E-state index in [4.69, 9.17) is 9.84 Å². The Morgan fingerprint density at radius 1 is 1.24 bits per heavy atom. The summed E-state index contributed by atoms with van der Waals surface area (Å²) in [7, 11) is 1.46. The summed E-state index contributed by atoms with van der Waals surface area (Å²) in [6.45, 7) is 3.80. The Kier molecular flexibility index (Phi) is 4.28. The van der Waals surface area contributed by atoms with Gasteiger partial charge < -0.3 is 15.2 Å². The van der Waals surface area contributed by atoms with Crippen molar-refractivity contribution in [2.24, 2.45) is 0 Å². The number of ether oxygens (including phenoxy) is 1. The summed E-state index contributed by atoms with van der Waals surface area (Å²) in [5, 5.41) is 11.7. The smallest absolute Gasteiger partial charge is 0.335 e. The van der Waals surface area contributed by atoms with Gasteiger partial charge in [0.2, 0.25) is 0 Å². The minimum atomic E-state index is -1.06. The van der Waals surface area contributed by atoms with Crippen molar-refractivity contribution in [1.29, 1.82) is 0 Å². The zero-order valence-electron chi connectivity index (χ0n) is 11.9. The summed E-state index contributed by atoms with van der Waals surface area (Å²) in [6, 6.07) is 6.14. The molecule has 0 fully saturated rings. The number of carboxylic acid groups (broad SMARTS) is 1. The van der Waals surface area contributed by atoms with Crippen molar-refractivity contribution in [1.82, 2.24) is 0 Å². The van der Waals surface area contributed by atoms with E-state index in [1.165, 1.54) is 36.6 Å². The van der Waals surface area contributed by atoms with Crippen molar-refractivity contribution < 1.29 is 19.4 Å². The van der Waals surface area contributed by atoms with Gasteiger partial charge in [-0.1, -0.05) is 0 Å². The molecular formula is C15H15NO4S. The number of carbonyl (C=O) groups is 2. The Bertz CT molecular complexity index is 706. The minimum absolute atomic E-state index is 0.0873. The highest BCUT2D eigenvalue weighted by Crippen LogP contribution is 2.27. The maximum Gasteiger partial charge on any atom is 0.335 e. The monoisotopic (exact) mass is 305 g/mol. The number of carbonyl (C=O) groups excluding carboxylic acids is 1. The Labute approximate surface area is 126 Å². The number of nitrogens with one attached hydrogen (secondary N) is 1. The van der Waals surface area contributed by atoms with Crippen LogP contribution < -0.4 is 10.1 Å². The van der Waals surface area contributed by atoms with Gasteiger partial charge in [-0.2, -0.15) is 0 Å². The molecule has 1 heterocycles. The van der Waals surface area contributed by atoms with Crippen LogP contribution in [0.15, 0.2) is 24.3 Å². The van der Waals surface area contributed by atoms with Gasteiger partial charge in [0, 0.05) is 9.75 Å². The number of hydrogen-bond acceptors (Lipinski definition) is 4. The standard InChI is InChI=1S/C15H15NO4S/c1-8-6-11(9(2)21-8)14(17)16-12-7-10(15(18)19)4-5-13(12)20-3/h4-7H,1-3H3,(H,16,17)(H,18,19). The van der Waals surface area contributed by atoms with E-state index in [0.29, 0.717) is 17.0 Å². The molecule has 0 radical (unpaired) electrons. The number of anilines is 1. The summed E-state index contributed by atoms with van der Waals surface area (Å²) in [5.41, 5.74) is 1.01. The van der Waals surface area contributed by atoms with Crippen LogP contribution in [0, 0.1) is 13.8 Å². The summed E-state index contributed by atoms with van der Waals surface area (Å²) in [6.07, 6.45) is 0. The molecule has 0 saturated carbocycles. The van der Waals surface area contributed by atoms with Crippen LogP contribution in [0.5, 0.6) is 5.75 Å². The first-order valence-electron chi connectivity index (χ1n) is 6.22. The SMILES string of the molecule is COc1ccc(C(=O)O)cc1NC(=O)c1cc(C)sc1C. The maximum atomic E-state index is 12.3. The van der Waals surface area contributed by atoms with Crippen molar-refractivity contribution >= 4 is 28.9 Å².